The van der Waals surface area contributed by atoms with Gasteiger partial charge in [0.1, 0.15) is 5.65 Å². The fourth-order valence-corrected chi connectivity index (χ4v) is 2.54. The van der Waals surface area contributed by atoms with Gasteiger partial charge >= 0.3 is 5.69 Å². The molecule has 0 saturated heterocycles. The summed E-state index contributed by atoms with van der Waals surface area (Å²) >= 11 is 0. The summed E-state index contributed by atoms with van der Waals surface area (Å²) in [4.78, 5) is 43.8. The first-order valence-electron chi connectivity index (χ1n) is 7.08. The lowest BCUT2D eigenvalue weighted by atomic mass is 9.95. The van der Waals surface area contributed by atoms with E-state index in [2.05, 4.69) is 20.3 Å². The second kappa shape index (κ2) is 5.06. The van der Waals surface area contributed by atoms with Gasteiger partial charge in [0.25, 0.3) is 11.5 Å². The fraction of sp³-hybridized carbons (Fsp3) is 0.429. The highest BCUT2D eigenvalue weighted by atomic mass is 16.2. The monoisotopic (exact) mass is 303 g/mol. The Morgan fingerprint density at radius 1 is 1.45 bits per heavy atom. The molecule has 0 spiro atoms. The lowest BCUT2D eigenvalue weighted by molar-refractivity contribution is 0.0897. The van der Waals surface area contributed by atoms with Crippen LogP contribution in [0.5, 0.6) is 0 Å². The van der Waals surface area contributed by atoms with Crippen molar-refractivity contribution in [3.8, 4) is 0 Å². The quantitative estimate of drug-likeness (QED) is 0.602. The minimum atomic E-state index is -0.633. The zero-order chi connectivity index (χ0) is 15.9. The standard InChI is InChI=1S/C14H17N5O3/c1-14(6-15,8-2-3-8)19-11(20)7-4-9-10(16-5-7)17-13(22)18-12(9)21/h4-5,8H,2-3,6,15H2,1H3,(H,19,20)(H2,16,17,18,21,22). The number of nitrogens with one attached hydrogen (secondary N) is 3. The summed E-state index contributed by atoms with van der Waals surface area (Å²) in [5.41, 5.74) is 4.52. The minimum Gasteiger partial charge on any atom is -0.345 e. The van der Waals surface area contributed by atoms with E-state index < -0.39 is 16.8 Å². The Bertz CT molecular complexity index is 851. The highest BCUT2D eigenvalue weighted by Crippen LogP contribution is 2.39. The fourth-order valence-electron chi connectivity index (χ4n) is 2.54. The normalized spacial score (nSPS) is 17.2. The van der Waals surface area contributed by atoms with Gasteiger partial charge in [-0.1, -0.05) is 0 Å². The molecule has 8 heteroatoms. The van der Waals surface area contributed by atoms with E-state index in [9.17, 15) is 14.4 Å². The van der Waals surface area contributed by atoms with E-state index in [4.69, 9.17) is 5.73 Å². The molecule has 8 nitrogen and oxygen atoms in total. The third-order valence-corrected chi connectivity index (χ3v) is 4.16. The van der Waals surface area contributed by atoms with Crippen LogP contribution < -0.4 is 22.3 Å². The van der Waals surface area contributed by atoms with Crippen LogP contribution in [0.4, 0.5) is 0 Å². The molecule has 5 N–H and O–H groups in total. The molecule has 1 unspecified atom stereocenters. The van der Waals surface area contributed by atoms with E-state index in [1.807, 2.05) is 6.92 Å². The van der Waals surface area contributed by atoms with Crippen LogP contribution in [0.25, 0.3) is 11.0 Å². The molecule has 116 valence electrons. The van der Waals surface area contributed by atoms with Crippen LogP contribution in [0.2, 0.25) is 0 Å². The maximum atomic E-state index is 12.4. The number of nitrogens with zero attached hydrogens (tertiary/aromatic N) is 1. The Morgan fingerprint density at radius 2 is 2.18 bits per heavy atom. The van der Waals surface area contributed by atoms with Gasteiger partial charge in [-0.15, -0.1) is 0 Å². The molecule has 1 aliphatic carbocycles. The molecule has 2 aromatic heterocycles. The number of H-pyrrole nitrogens is 2. The largest absolute Gasteiger partial charge is 0.345 e. The van der Waals surface area contributed by atoms with Gasteiger partial charge < -0.3 is 11.1 Å². The van der Waals surface area contributed by atoms with Crippen LogP contribution >= 0.6 is 0 Å². The molecule has 1 saturated carbocycles. The Kier molecular flexibility index (Phi) is 3.32. The average molecular weight is 303 g/mol. The van der Waals surface area contributed by atoms with Gasteiger partial charge in [0.15, 0.2) is 0 Å². The van der Waals surface area contributed by atoms with Gasteiger partial charge in [-0.3, -0.25) is 19.6 Å². The van der Waals surface area contributed by atoms with E-state index in [0.29, 0.717) is 12.5 Å². The van der Waals surface area contributed by atoms with Crippen molar-refractivity contribution >= 4 is 16.9 Å². The molecule has 2 heterocycles. The number of carbonyl (C=O) groups is 1. The van der Waals surface area contributed by atoms with Crippen molar-refractivity contribution in [2.45, 2.75) is 25.3 Å². The van der Waals surface area contributed by atoms with E-state index in [-0.39, 0.29) is 22.5 Å². The summed E-state index contributed by atoms with van der Waals surface area (Å²) in [5, 5.41) is 3.09. The molecule has 0 bridgehead atoms. The first kappa shape index (κ1) is 14.5. The number of hydrogen-bond acceptors (Lipinski definition) is 5. The van der Waals surface area contributed by atoms with Crippen molar-refractivity contribution in [2.75, 3.05) is 6.54 Å². The van der Waals surface area contributed by atoms with Crippen molar-refractivity contribution in [2.24, 2.45) is 11.7 Å². The van der Waals surface area contributed by atoms with E-state index in [1.54, 1.807) is 0 Å². The Labute approximate surface area is 125 Å². The summed E-state index contributed by atoms with van der Waals surface area (Å²) in [6.45, 7) is 2.26. The zero-order valence-electron chi connectivity index (χ0n) is 12.1. The van der Waals surface area contributed by atoms with E-state index in [0.717, 1.165) is 12.8 Å². The molecule has 1 atom stereocenters. The molecule has 1 fully saturated rings. The Hall–Kier alpha value is -2.48. The summed E-state index contributed by atoms with van der Waals surface area (Å²) in [5.74, 6) is 0.0504. The predicted octanol–water partition coefficient (Wildman–Crippen LogP) is -0.531. The third kappa shape index (κ3) is 2.52. The smallest absolute Gasteiger partial charge is 0.327 e. The Balaban J connectivity index is 1.94. The van der Waals surface area contributed by atoms with Crippen LogP contribution in [0, 0.1) is 5.92 Å². The van der Waals surface area contributed by atoms with Crippen LogP contribution in [0.15, 0.2) is 21.9 Å². The average Bonchev–Trinajstić information content (AvgIpc) is 3.31. The van der Waals surface area contributed by atoms with Gasteiger partial charge in [0, 0.05) is 12.7 Å². The van der Waals surface area contributed by atoms with Gasteiger partial charge in [0.05, 0.1) is 16.5 Å². The lowest BCUT2D eigenvalue weighted by Crippen LogP contribution is -2.53. The lowest BCUT2D eigenvalue weighted by Gasteiger charge is -2.29. The van der Waals surface area contributed by atoms with Crippen molar-refractivity contribution in [3.05, 3.63) is 38.7 Å². The predicted molar refractivity (Wildman–Crippen MR) is 80.6 cm³/mol. The zero-order valence-corrected chi connectivity index (χ0v) is 12.1. The highest BCUT2D eigenvalue weighted by molar-refractivity contribution is 5.97. The molecule has 0 radical (unpaired) electrons. The maximum absolute atomic E-state index is 12.4. The number of amides is 1. The number of hydrogen-bond donors (Lipinski definition) is 4. The van der Waals surface area contributed by atoms with Crippen LogP contribution in [0.3, 0.4) is 0 Å². The maximum Gasteiger partial charge on any atom is 0.327 e. The van der Waals surface area contributed by atoms with Gasteiger partial charge in [-0.25, -0.2) is 9.78 Å². The van der Waals surface area contributed by atoms with Crippen molar-refractivity contribution < 1.29 is 4.79 Å². The van der Waals surface area contributed by atoms with Gasteiger partial charge in [-0.2, -0.15) is 0 Å². The van der Waals surface area contributed by atoms with E-state index in [1.165, 1.54) is 12.3 Å². The summed E-state index contributed by atoms with van der Waals surface area (Å²) in [6, 6.07) is 1.41. The van der Waals surface area contributed by atoms with Crippen LogP contribution in [-0.4, -0.2) is 32.9 Å². The number of aromatic nitrogens is 3. The molecule has 0 aromatic carbocycles. The molecule has 2 aromatic rings. The molecule has 1 amide bonds. The summed E-state index contributed by atoms with van der Waals surface area (Å²) in [6.07, 6.45) is 3.42. The van der Waals surface area contributed by atoms with Crippen molar-refractivity contribution in [1.82, 2.24) is 20.3 Å². The third-order valence-electron chi connectivity index (χ3n) is 4.16. The molecule has 3 rings (SSSR count). The SMILES string of the molecule is CC(CN)(NC(=O)c1cnc2[nH]c(=O)[nH]c(=O)c2c1)C1CC1. The van der Waals surface area contributed by atoms with Gasteiger partial charge in [-0.05, 0) is 31.7 Å². The Morgan fingerprint density at radius 3 is 2.82 bits per heavy atom. The number of rotatable bonds is 4. The highest BCUT2D eigenvalue weighted by Gasteiger charge is 2.41. The van der Waals surface area contributed by atoms with Crippen molar-refractivity contribution in [3.63, 3.8) is 0 Å². The van der Waals surface area contributed by atoms with Crippen LogP contribution in [-0.2, 0) is 0 Å². The molecule has 1 aliphatic rings. The topological polar surface area (TPSA) is 134 Å². The van der Waals surface area contributed by atoms with E-state index >= 15 is 0 Å². The molecular formula is C14H17N5O3. The first-order chi connectivity index (χ1) is 10.4. The minimum absolute atomic E-state index is 0.147. The second-order valence-corrected chi connectivity index (χ2v) is 5.88. The van der Waals surface area contributed by atoms with Crippen molar-refractivity contribution in [1.29, 1.82) is 0 Å². The first-order valence-corrected chi connectivity index (χ1v) is 7.08. The van der Waals surface area contributed by atoms with Gasteiger partial charge in [0.2, 0.25) is 0 Å². The van der Waals surface area contributed by atoms with Crippen LogP contribution in [0.1, 0.15) is 30.1 Å². The summed E-state index contributed by atoms with van der Waals surface area (Å²) in [7, 11) is 0. The second-order valence-electron chi connectivity index (χ2n) is 5.88. The number of fused-ring (bicyclic) bond motifs is 1. The molecule has 0 aliphatic heterocycles. The number of pyridine rings is 1. The molecular weight excluding hydrogens is 286 g/mol. The number of carbonyl (C=O) groups excluding carboxylic acids is 1. The number of nitrogens with two attached hydrogens (primary N) is 1. The number of aromatic amines is 2. The molecule has 22 heavy (non-hydrogen) atoms. The summed E-state index contributed by atoms with van der Waals surface area (Å²) < 4.78 is 0.